The van der Waals surface area contributed by atoms with E-state index < -0.39 is 11.6 Å². The fourth-order valence-corrected chi connectivity index (χ4v) is 1.64. The molecule has 0 bridgehead atoms. The monoisotopic (exact) mass is 323 g/mol. The quantitative estimate of drug-likeness (QED) is 0.461. The smallest absolute Gasteiger partial charge is 0.337 e. The number of nitrogens with one attached hydrogen (secondary N) is 1. The first-order valence-electron chi connectivity index (χ1n) is 7.18. The number of ether oxygens (including phenoxy) is 1. The minimum absolute atomic E-state index is 0.0227. The van der Waals surface area contributed by atoms with E-state index in [0.29, 0.717) is 24.3 Å². The van der Waals surface area contributed by atoms with Crippen LogP contribution in [0.3, 0.4) is 0 Å². The van der Waals surface area contributed by atoms with Gasteiger partial charge in [0.1, 0.15) is 5.75 Å². The first-order chi connectivity index (χ1) is 10.7. The molecule has 0 saturated heterocycles. The van der Waals surface area contributed by atoms with Gasteiger partial charge in [0.2, 0.25) is 5.91 Å². The maximum Gasteiger partial charge on any atom is 0.337 e. The fourth-order valence-electron chi connectivity index (χ4n) is 1.64. The summed E-state index contributed by atoms with van der Waals surface area (Å²) in [6.45, 7) is 2.55. The maximum absolute atomic E-state index is 11.5. The van der Waals surface area contributed by atoms with Gasteiger partial charge in [-0.2, -0.15) is 0 Å². The predicted octanol–water partition coefficient (Wildman–Crippen LogP) is 1.000. The zero-order valence-corrected chi connectivity index (χ0v) is 13.2. The lowest BCUT2D eigenvalue weighted by molar-refractivity contribution is -0.156. The topological polar surface area (TPSA) is 113 Å². The van der Waals surface area contributed by atoms with Gasteiger partial charge in [-0.3, -0.25) is 9.59 Å². The molecular weight excluding hydrogens is 302 g/mol. The molecule has 7 nitrogen and oxygen atoms in total. The third kappa shape index (κ3) is 6.48. The summed E-state index contributed by atoms with van der Waals surface area (Å²) >= 11 is 0. The molecule has 23 heavy (non-hydrogen) atoms. The van der Waals surface area contributed by atoms with Crippen molar-refractivity contribution in [3.63, 3.8) is 0 Å². The van der Waals surface area contributed by atoms with Crippen LogP contribution in [0.2, 0.25) is 0 Å². The number of Topliss-reactive ketones (excluding diaryl/α,β-unsaturated/α-hetero) is 1. The molecule has 0 spiro atoms. The number of hydrogen-bond acceptors (Lipinski definition) is 5. The van der Waals surface area contributed by atoms with E-state index in [1.807, 2.05) is 0 Å². The number of carboxylic acid groups (broad SMARTS) is 1. The Hall–Kier alpha value is -2.41. The van der Waals surface area contributed by atoms with E-state index in [4.69, 9.17) is 9.84 Å². The fraction of sp³-hybridized carbons (Fsp3) is 0.438. The molecule has 0 heterocycles. The van der Waals surface area contributed by atoms with E-state index in [0.717, 1.165) is 6.92 Å². The second-order valence-corrected chi connectivity index (χ2v) is 5.39. The number of aliphatic hydroxyl groups is 1. The van der Waals surface area contributed by atoms with Crippen molar-refractivity contribution < 1.29 is 29.3 Å². The lowest BCUT2D eigenvalue weighted by Gasteiger charge is -2.18. The van der Waals surface area contributed by atoms with Gasteiger partial charge in [-0.15, -0.1) is 0 Å². The molecule has 1 unspecified atom stereocenters. The van der Waals surface area contributed by atoms with E-state index >= 15 is 0 Å². The number of aliphatic carboxylic acids is 1. The van der Waals surface area contributed by atoms with Gasteiger partial charge in [0.25, 0.3) is 0 Å². The van der Waals surface area contributed by atoms with Crippen LogP contribution in [0, 0.1) is 0 Å². The highest BCUT2D eigenvalue weighted by Crippen LogP contribution is 2.13. The number of carbonyl (C=O) groups is 3. The Morgan fingerprint density at radius 2 is 1.83 bits per heavy atom. The number of benzene rings is 1. The average Bonchev–Trinajstić information content (AvgIpc) is 2.50. The Labute approximate surface area is 134 Å². The van der Waals surface area contributed by atoms with Crippen LogP contribution >= 0.6 is 0 Å². The summed E-state index contributed by atoms with van der Waals surface area (Å²) in [4.78, 5) is 33.3. The van der Waals surface area contributed by atoms with Crippen LogP contribution in [0.4, 0.5) is 0 Å². The number of rotatable bonds is 9. The second-order valence-electron chi connectivity index (χ2n) is 5.39. The highest BCUT2D eigenvalue weighted by Gasteiger charge is 2.30. The molecule has 0 aromatic heterocycles. The molecule has 126 valence electrons. The van der Waals surface area contributed by atoms with Gasteiger partial charge in [0.05, 0.1) is 13.2 Å². The van der Waals surface area contributed by atoms with Crippen LogP contribution in [-0.4, -0.2) is 46.6 Å². The molecule has 1 atom stereocenters. The first kappa shape index (κ1) is 18.6. The van der Waals surface area contributed by atoms with Crippen molar-refractivity contribution in [2.24, 2.45) is 0 Å². The Morgan fingerprint density at radius 1 is 1.22 bits per heavy atom. The van der Waals surface area contributed by atoms with Crippen LogP contribution < -0.4 is 10.1 Å². The summed E-state index contributed by atoms with van der Waals surface area (Å²) in [6, 6.07) is 6.69. The Bertz CT molecular complexity index is 564. The van der Waals surface area contributed by atoms with Crippen molar-refractivity contribution in [2.45, 2.75) is 32.3 Å². The van der Waals surface area contributed by atoms with Gasteiger partial charge in [0, 0.05) is 12.0 Å². The molecule has 1 amide bonds. The normalized spacial score (nSPS) is 13.0. The third-order valence-electron chi connectivity index (χ3n) is 3.17. The van der Waals surface area contributed by atoms with Gasteiger partial charge in [-0.05, 0) is 44.5 Å². The molecular formula is C16H21NO6. The third-order valence-corrected chi connectivity index (χ3v) is 3.17. The zero-order chi connectivity index (χ0) is 17.5. The second kappa shape index (κ2) is 8.28. The molecule has 1 rings (SSSR count). The van der Waals surface area contributed by atoms with Crippen molar-refractivity contribution in [3.8, 4) is 5.75 Å². The molecule has 1 aromatic carbocycles. The maximum atomic E-state index is 11.5. The minimum atomic E-state index is -1.98. The van der Waals surface area contributed by atoms with Crippen molar-refractivity contribution in [1.82, 2.24) is 5.32 Å². The van der Waals surface area contributed by atoms with Crippen LogP contribution in [0.5, 0.6) is 5.75 Å². The molecule has 7 heteroatoms. The summed E-state index contributed by atoms with van der Waals surface area (Å²) < 4.78 is 5.44. The molecule has 0 saturated carbocycles. The van der Waals surface area contributed by atoms with Crippen molar-refractivity contribution in [1.29, 1.82) is 0 Å². The predicted molar refractivity (Wildman–Crippen MR) is 82.4 cm³/mol. The molecule has 0 fully saturated rings. The van der Waals surface area contributed by atoms with E-state index in [1.54, 1.807) is 24.3 Å². The van der Waals surface area contributed by atoms with Crippen LogP contribution in [0.25, 0.3) is 0 Å². The Kier molecular flexibility index (Phi) is 6.71. The number of carbonyl (C=O) groups excluding carboxylic acids is 2. The van der Waals surface area contributed by atoms with Gasteiger partial charge in [-0.25, -0.2) is 4.79 Å². The Morgan fingerprint density at radius 3 is 2.35 bits per heavy atom. The molecule has 0 aliphatic carbocycles. The zero-order valence-electron chi connectivity index (χ0n) is 13.2. The number of amides is 1. The van der Waals surface area contributed by atoms with Gasteiger partial charge < -0.3 is 20.3 Å². The lowest BCUT2D eigenvalue weighted by atomic mass is 10.1. The van der Waals surface area contributed by atoms with Gasteiger partial charge in [-0.1, -0.05) is 0 Å². The molecule has 0 radical (unpaired) electrons. The number of carboxylic acids is 1. The summed E-state index contributed by atoms with van der Waals surface area (Å²) in [5.41, 5.74) is -1.38. The van der Waals surface area contributed by atoms with E-state index in [2.05, 4.69) is 5.32 Å². The number of ketones is 1. The van der Waals surface area contributed by atoms with E-state index in [9.17, 15) is 19.5 Å². The SMILES string of the molecule is CC(=O)c1ccc(OCCCC(=O)NCC(C)(O)C(=O)O)cc1. The summed E-state index contributed by atoms with van der Waals surface area (Å²) in [7, 11) is 0. The van der Waals surface area contributed by atoms with Crippen LogP contribution in [0.1, 0.15) is 37.0 Å². The van der Waals surface area contributed by atoms with Crippen LogP contribution in [-0.2, 0) is 9.59 Å². The van der Waals surface area contributed by atoms with Crippen molar-refractivity contribution >= 4 is 17.7 Å². The highest BCUT2D eigenvalue weighted by molar-refractivity contribution is 5.94. The number of hydrogen-bond donors (Lipinski definition) is 3. The summed E-state index contributed by atoms with van der Waals surface area (Å²) in [5, 5.41) is 20.5. The van der Waals surface area contributed by atoms with E-state index in [-0.39, 0.29) is 24.7 Å². The lowest BCUT2D eigenvalue weighted by Crippen LogP contribution is -2.46. The Balaban J connectivity index is 2.25. The van der Waals surface area contributed by atoms with Crippen LogP contribution in [0.15, 0.2) is 24.3 Å². The molecule has 3 N–H and O–H groups in total. The summed E-state index contributed by atoms with van der Waals surface area (Å²) in [6.07, 6.45) is 0.594. The average molecular weight is 323 g/mol. The van der Waals surface area contributed by atoms with Crippen molar-refractivity contribution in [3.05, 3.63) is 29.8 Å². The van der Waals surface area contributed by atoms with Gasteiger partial charge in [0.15, 0.2) is 11.4 Å². The van der Waals surface area contributed by atoms with Crippen molar-refractivity contribution in [2.75, 3.05) is 13.2 Å². The van der Waals surface area contributed by atoms with E-state index in [1.165, 1.54) is 6.92 Å². The minimum Gasteiger partial charge on any atom is -0.494 e. The molecule has 0 aliphatic heterocycles. The standard InChI is InChI=1S/C16H21NO6/c1-11(18)12-5-7-13(8-6-12)23-9-3-4-14(19)17-10-16(2,22)15(20)21/h5-8,22H,3-4,9-10H2,1-2H3,(H,17,19)(H,20,21). The largest absolute Gasteiger partial charge is 0.494 e. The summed E-state index contributed by atoms with van der Waals surface area (Å²) in [5.74, 6) is -1.17. The van der Waals surface area contributed by atoms with Gasteiger partial charge >= 0.3 is 5.97 Å². The highest BCUT2D eigenvalue weighted by atomic mass is 16.5. The molecule has 1 aromatic rings. The first-order valence-corrected chi connectivity index (χ1v) is 7.18. The molecule has 0 aliphatic rings.